The first-order chi connectivity index (χ1) is 14.9. The van der Waals surface area contributed by atoms with Crippen molar-refractivity contribution < 1.29 is 17.6 Å². The fourth-order valence-electron chi connectivity index (χ4n) is 4.63. The fourth-order valence-corrected chi connectivity index (χ4v) is 6.18. The molecule has 3 heterocycles. The van der Waals surface area contributed by atoms with Crippen LogP contribution in [-0.4, -0.2) is 43.2 Å². The molecule has 31 heavy (non-hydrogen) atoms. The number of aryl methyl sites for hydroxylation is 1. The molecule has 3 aromatic rings. The van der Waals surface area contributed by atoms with Gasteiger partial charge < -0.3 is 9.32 Å². The second-order valence-corrected chi connectivity index (χ2v) is 10.4. The molecule has 1 amide bonds. The van der Waals surface area contributed by atoms with Gasteiger partial charge in [0, 0.05) is 37.1 Å². The first kappa shape index (κ1) is 20.3. The lowest BCUT2D eigenvalue weighted by Gasteiger charge is -2.28. The molecule has 0 unspecified atom stereocenters. The van der Waals surface area contributed by atoms with E-state index in [4.69, 9.17) is 4.42 Å². The maximum Gasteiger partial charge on any atom is 0.290 e. The van der Waals surface area contributed by atoms with E-state index in [0.717, 1.165) is 31.2 Å². The van der Waals surface area contributed by atoms with E-state index in [-0.39, 0.29) is 10.8 Å². The van der Waals surface area contributed by atoms with Crippen molar-refractivity contribution in [2.75, 3.05) is 19.6 Å². The molecule has 0 atom stereocenters. The summed E-state index contributed by atoms with van der Waals surface area (Å²) >= 11 is 0. The number of fused-ring (bicyclic) bond motifs is 2. The summed E-state index contributed by atoms with van der Waals surface area (Å²) in [5, 5.41) is 0.679. The molecule has 5 rings (SSSR count). The normalized spacial score (nSPS) is 17.6. The highest BCUT2D eigenvalue weighted by Crippen LogP contribution is 2.31. The van der Waals surface area contributed by atoms with Crippen molar-refractivity contribution in [3.05, 3.63) is 64.9 Å². The van der Waals surface area contributed by atoms with Crippen molar-refractivity contribution in [2.45, 2.75) is 44.0 Å². The second-order valence-electron chi connectivity index (χ2n) is 8.42. The number of furan rings is 1. The summed E-state index contributed by atoms with van der Waals surface area (Å²) in [7, 11) is -3.54. The van der Waals surface area contributed by atoms with E-state index in [1.54, 1.807) is 27.4 Å². The van der Waals surface area contributed by atoms with Crippen LogP contribution in [0.3, 0.4) is 0 Å². The summed E-state index contributed by atoms with van der Waals surface area (Å²) in [5.41, 5.74) is 3.66. The molecule has 1 fully saturated rings. The molecule has 0 spiro atoms. The standard InChI is InChI=1S/C24H26N2O4S/c1-17-21-15-20(31(28,29)26-12-5-2-6-13-26)9-10-22(21)30-23(17)24(27)25-14-11-18-7-3-4-8-19(18)16-25/h3-4,7-10,15H,2,5-6,11-14,16H2,1H3. The van der Waals surface area contributed by atoms with E-state index in [1.807, 2.05) is 19.1 Å². The van der Waals surface area contributed by atoms with Crippen LogP contribution < -0.4 is 0 Å². The molecule has 0 bridgehead atoms. The quantitative estimate of drug-likeness (QED) is 0.617. The van der Waals surface area contributed by atoms with Crippen LogP contribution in [0.25, 0.3) is 11.0 Å². The van der Waals surface area contributed by atoms with Crippen molar-refractivity contribution in [3.63, 3.8) is 0 Å². The predicted octanol–water partition coefficient (Wildman–Crippen LogP) is 4.11. The fraction of sp³-hybridized carbons (Fsp3) is 0.375. The first-order valence-electron chi connectivity index (χ1n) is 10.8. The Balaban J connectivity index is 1.46. The predicted molar refractivity (Wildman–Crippen MR) is 118 cm³/mol. The van der Waals surface area contributed by atoms with Crippen molar-refractivity contribution in [2.24, 2.45) is 0 Å². The monoisotopic (exact) mass is 438 g/mol. The molecule has 0 N–H and O–H groups in total. The topological polar surface area (TPSA) is 70.8 Å². The van der Waals surface area contributed by atoms with E-state index in [9.17, 15) is 13.2 Å². The van der Waals surface area contributed by atoms with Crippen LogP contribution in [-0.2, 0) is 23.0 Å². The first-order valence-corrected chi connectivity index (χ1v) is 12.3. The Hall–Kier alpha value is -2.64. The van der Waals surface area contributed by atoms with Gasteiger partial charge in [0.05, 0.1) is 4.90 Å². The van der Waals surface area contributed by atoms with Gasteiger partial charge >= 0.3 is 0 Å². The average molecular weight is 439 g/mol. The van der Waals surface area contributed by atoms with Crippen LogP contribution in [0, 0.1) is 6.92 Å². The van der Waals surface area contributed by atoms with Crippen LogP contribution in [0.2, 0.25) is 0 Å². The summed E-state index contributed by atoms with van der Waals surface area (Å²) < 4.78 is 33.6. The second kappa shape index (κ2) is 7.80. The van der Waals surface area contributed by atoms with E-state index < -0.39 is 10.0 Å². The van der Waals surface area contributed by atoms with Crippen LogP contribution >= 0.6 is 0 Å². The van der Waals surface area contributed by atoms with Gasteiger partial charge in [-0.25, -0.2) is 8.42 Å². The third-order valence-corrected chi connectivity index (χ3v) is 8.37. The molecule has 162 valence electrons. The minimum atomic E-state index is -3.54. The van der Waals surface area contributed by atoms with Gasteiger partial charge in [-0.05, 0) is 55.5 Å². The Morgan fingerprint density at radius 2 is 1.71 bits per heavy atom. The van der Waals surface area contributed by atoms with Gasteiger partial charge in [0.15, 0.2) is 5.76 Å². The van der Waals surface area contributed by atoms with Crippen molar-refractivity contribution in [1.82, 2.24) is 9.21 Å². The Morgan fingerprint density at radius 1 is 0.968 bits per heavy atom. The maximum absolute atomic E-state index is 13.2. The third kappa shape index (κ3) is 3.55. The zero-order valence-corrected chi connectivity index (χ0v) is 18.5. The summed E-state index contributed by atoms with van der Waals surface area (Å²) in [5.74, 6) is 0.144. The smallest absolute Gasteiger partial charge is 0.290 e. The van der Waals surface area contributed by atoms with Crippen molar-refractivity contribution in [3.8, 4) is 0 Å². The number of carbonyl (C=O) groups excluding carboxylic acids is 1. The summed E-state index contributed by atoms with van der Waals surface area (Å²) in [6, 6.07) is 13.1. The van der Waals surface area contributed by atoms with E-state index in [2.05, 4.69) is 12.1 Å². The molecule has 0 radical (unpaired) electrons. The Bertz CT molecular complexity index is 1260. The number of hydrogen-bond acceptors (Lipinski definition) is 4. The molecular formula is C24H26N2O4S. The largest absolute Gasteiger partial charge is 0.451 e. The number of benzene rings is 2. The molecular weight excluding hydrogens is 412 g/mol. The highest BCUT2D eigenvalue weighted by molar-refractivity contribution is 7.89. The Kier molecular flexibility index (Phi) is 5.10. The zero-order chi connectivity index (χ0) is 21.6. The average Bonchev–Trinajstić information content (AvgIpc) is 3.14. The molecule has 2 aliphatic rings. The minimum absolute atomic E-state index is 0.149. The van der Waals surface area contributed by atoms with E-state index >= 15 is 0 Å². The van der Waals surface area contributed by atoms with Crippen LogP contribution in [0.4, 0.5) is 0 Å². The van der Waals surface area contributed by atoms with Gasteiger partial charge in [-0.15, -0.1) is 0 Å². The number of piperidine rings is 1. The van der Waals surface area contributed by atoms with Crippen LogP contribution in [0.5, 0.6) is 0 Å². The lowest BCUT2D eigenvalue weighted by molar-refractivity contribution is 0.0704. The van der Waals surface area contributed by atoms with Crippen LogP contribution in [0.15, 0.2) is 51.8 Å². The lowest BCUT2D eigenvalue weighted by Crippen LogP contribution is -2.36. The van der Waals surface area contributed by atoms with Gasteiger partial charge in [-0.2, -0.15) is 4.31 Å². The minimum Gasteiger partial charge on any atom is -0.451 e. The SMILES string of the molecule is Cc1c(C(=O)N2CCc3ccccc3C2)oc2ccc(S(=O)(=O)N3CCCCC3)cc12. The van der Waals surface area contributed by atoms with Gasteiger partial charge in [0.25, 0.3) is 5.91 Å². The molecule has 0 saturated carbocycles. The molecule has 1 aromatic heterocycles. The molecule has 1 saturated heterocycles. The van der Waals surface area contributed by atoms with Gasteiger partial charge in [-0.3, -0.25) is 4.79 Å². The Labute approximate surface area is 182 Å². The number of rotatable bonds is 3. The summed E-state index contributed by atoms with van der Waals surface area (Å²) in [6.07, 6.45) is 3.67. The third-order valence-electron chi connectivity index (χ3n) is 6.47. The lowest BCUT2D eigenvalue weighted by atomic mass is 9.99. The number of carbonyl (C=O) groups is 1. The van der Waals surface area contributed by atoms with Crippen molar-refractivity contribution in [1.29, 1.82) is 0 Å². The molecule has 7 heteroatoms. The van der Waals surface area contributed by atoms with Gasteiger partial charge in [0.2, 0.25) is 10.0 Å². The van der Waals surface area contributed by atoms with E-state index in [1.165, 1.54) is 5.56 Å². The van der Waals surface area contributed by atoms with Gasteiger partial charge in [-0.1, -0.05) is 30.7 Å². The summed E-state index contributed by atoms with van der Waals surface area (Å²) in [4.78, 5) is 15.3. The van der Waals surface area contributed by atoms with E-state index in [0.29, 0.717) is 48.5 Å². The highest BCUT2D eigenvalue weighted by Gasteiger charge is 2.29. The maximum atomic E-state index is 13.2. The summed E-state index contributed by atoms with van der Waals surface area (Å²) in [6.45, 7) is 4.14. The Morgan fingerprint density at radius 3 is 2.48 bits per heavy atom. The number of hydrogen-bond donors (Lipinski definition) is 0. The molecule has 2 aromatic carbocycles. The zero-order valence-electron chi connectivity index (χ0n) is 17.6. The number of amides is 1. The molecule has 2 aliphatic heterocycles. The highest BCUT2D eigenvalue weighted by atomic mass is 32.2. The number of nitrogens with zero attached hydrogens (tertiary/aromatic N) is 2. The van der Waals surface area contributed by atoms with Crippen molar-refractivity contribution >= 4 is 26.9 Å². The number of sulfonamides is 1. The molecule has 0 aliphatic carbocycles. The molecule has 6 nitrogen and oxygen atoms in total. The van der Waals surface area contributed by atoms with Crippen LogP contribution in [0.1, 0.15) is 46.5 Å². The van der Waals surface area contributed by atoms with Gasteiger partial charge in [0.1, 0.15) is 5.58 Å².